The Kier molecular flexibility index (Phi) is 15.0. The summed E-state index contributed by atoms with van der Waals surface area (Å²) in [4.78, 5) is 0. The highest BCUT2D eigenvalue weighted by Crippen LogP contribution is 2.09. The lowest BCUT2D eigenvalue weighted by Crippen LogP contribution is -1.79. The Hall–Kier alpha value is -0.520. The van der Waals surface area contributed by atoms with Gasteiger partial charge in [0.2, 0.25) is 0 Å². The predicted octanol–water partition coefficient (Wildman–Crippen LogP) is 6.23. The summed E-state index contributed by atoms with van der Waals surface area (Å²) >= 11 is 0. The van der Waals surface area contributed by atoms with Gasteiger partial charge >= 0.3 is 0 Å². The molecular formula is C17H31. The molecular weight excluding hydrogens is 204 g/mol. The molecule has 0 rings (SSSR count). The summed E-state index contributed by atoms with van der Waals surface area (Å²) in [5.41, 5.74) is 0. The van der Waals surface area contributed by atoms with Crippen molar-refractivity contribution in [3.05, 3.63) is 24.3 Å². The third-order valence-corrected chi connectivity index (χ3v) is 2.97. The Morgan fingerprint density at radius 2 is 1.41 bits per heavy atom. The summed E-state index contributed by atoms with van der Waals surface area (Å²) in [6.45, 7) is 4.46. The largest absolute Gasteiger partial charge is 0.0845 e. The molecule has 0 fully saturated rings. The molecule has 0 amide bonds. The molecule has 17 heavy (non-hydrogen) atoms. The molecule has 0 aliphatic carbocycles. The average Bonchev–Trinajstić information content (AvgIpc) is 2.35. The van der Waals surface area contributed by atoms with Crippen LogP contribution in [0.15, 0.2) is 18.2 Å². The molecule has 1 radical (unpaired) electrons. The van der Waals surface area contributed by atoms with Crippen LogP contribution in [0.25, 0.3) is 0 Å². The first kappa shape index (κ1) is 16.5. The fourth-order valence-electron chi connectivity index (χ4n) is 1.86. The van der Waals surface area contributed by atoms with Crippen LogP contribution in [0.4, 0.5) is 0 Å². The van der Waals surface area contributed by atoms with Crippen molar-refractivity contribution in [3.8, 4) is 0 Å². The van der Waals surface area contributed by atoms with Gasteiger partial charge in [0.15, 0.2) is 0 Å². The van der Waals surface area contributed by atoms with E-state index in [1.54, 1.807) is 0 Å². The van der Waals surface area contributed by atoms with E-state index in [4.69, 9.17) is 0 Å². The molecule has 0 atom stereocenters. The third kappa shape index (κ3) is 15.5. The van der Waals surface area contributed by atoms with Crippen molar-refractivity contribution in [2.75, 3.05) is 0 Å². The third-order valence-electron chi connectivity index (χ3n) is 2.97. The smallest absolute Gasteiger partial charge is 0.0279 e. The summed E-state index contributed by atoms with van der Waals surface area (Å²) in [5.74, 6) is 0. The molecule has 0 saturated carbocycles. The van der Waals surface area contributed by atoms with Gasteiger partial charge in [-0.05, 0) is 25.3 Å². The second-order valence-electron chi connectivity index (χ2n) is 4.81. The van der Waals surface area contributed by atoms with E-state index in [1.165, 1.54) is 64.2 Å². The quantitative estimate of drug-likeness (QED) is 0.278. The zero-order chi connectivity index (χ0) is 12.6. The molecule has 0 aromatic carbocycles. The number of hydrogen-bond donors (Lipinski definition) is 0. The van der Waals surface area contributed by atoms with Gasteiger partial charge in [-0.1, -0.05) is 83.4 Å². The van der Waals surface area contributed by atoms with Crippen molar-refractivity contribution in [2.45, 2.75) is 84.5 Å². The second-order valence-corrected chi connectivity index (χ2v) is 4.81. The van der Waals surface area contributed by atoms with Crippen LogP contribution in [0, 0.1) is 6.08 Å². The minimum absolute atomic E-state index is 1.09. The van der Waals surface area contributed by atoms with Crippen LogP contribution >= 0.6 is 0 Å². The predicted molar refractivity (Wildman–Crippen MR) is 79.1 cm³/mol. The van der Waals surface area contributed by atoms with Gasteiger partial charge in [-0.15, -0.1) is 0 Å². The number of unbranched alkanes of at least 4 members (excludes halogenated alkanes) is 9. The van der Waals surface area contributed by atoms with Crippen molar-refractivity contribution in [3.63, 3.8) is 0 Å². The molecule has 0 nitrogen and oxygen atoms in total. The molecule has 0 unspecified atom stereocenters. The van der Waals surface area contributed by atoms with Crippen LogP contribution in [0.3, 0.4) is 0 Å². The fraction of sp³-hybridized carbons (Fsp3) is 0.765. The van der Waals surface area contributed by atoms with Crippen LogP contribution in [0.1, 0.15) is 84.5 Å². The maximum atomic E-state index is 3.25. The lowest BCUT2D eigenvalue weighted by atomic mass is 10.1. The van der Waals surface area contributed by atoms with Gasteiger partial charge in [-0.2, -0.15) is 0 Å². The Bertz CT molecular complexity index is 176. The van der Waals surface area contributed by atoms with Gasteiger partial charge in [0.05, 0.1) is 0 Å². The molecule has 0 N–H and O–H groups in total. The molecule has 0 aromatic rings. The first-order chi connectivity index (χ1) is 8.41. The minimum atomic E-state index is 1.09. The topological polar surface area (TPSA) is 0 Å². The Morgan fingerprint density at radius 3 is 2.06 bits per heavy atom. The number of rotatable bonds is 12. The van der Waals surface area contributed by atoms with Crippen molar-refractivity contribution in [1.29, 1.82) is 0 Å². The van der Waals surface area contributed by atoms with Crippen molar-refractivity contribution >= 4 is 0 Å². The maximum Gasteiger partial charge on any atom is -0.0279 e. The Labute approximate surface area is 109 Å². The minimum Gasteiger partial charge on any atom is -0.0845 e. The first-order valence-corrected chi connectivity index (χ1v) is 7.63. The molecule has 0 spiro atoms. The summed E-state index contributed by atoms with van der Waals surface area (Å²) in [6, 6.07) is 0. The Morgan fingerprint density at radius 1 is 0.765 bits per heavy atom. The van der Waals surface area contributed by atoms with Crippen LogP contribution in [0.5, 0.6) is 0 Å². The van der Waals surface area contributed by atoms with Gasteiger partial charge < -0.3 is 0 Å². The van der Waals surface area contributed by atoms with Crippen LogP contribution in [0.2, 0.25) is 0 Å². The van der Waals surface area contributed by atoms with E-state index in [1.807, 2.05) is 0 Å². The van der Waals surface area contributed by atoms with Gasteiger partial charge in [0.25, 0.3) is 0 Å². The van der Waals surface area contributed by atoms with E-state index in [9.17, 15) is 0 Å². The van der Waals surface area contributed by atoms with E-state index >= 15 is 0 Å². The van der Waals surface area contributed by atoms with E-state index < -0.39 is 0 Å². The molecule has 0 heterocycles. The van der Waals surface area contributed by atoms with Crippen molar-refractivity contribution in [1.82, 2.24) is 0 Å². The molecule has 0 saturated heterocycles. The molecule has 99 valence electrons. The zero-order valence-corrected chi connectivity index (χ0v) is 12.0. The number of hydrogen-bond acceptors (Lipinski definition) is 0. The summed E-state index contributed by atoms with van der Waals surface area (Å²) in [7, 11) is 0. The molecule has 0 bridgehead atoms. The van der Waals surface area contributed by atoms with E-state index in [-0.39, 0.29) is 0 Å². The summed E-state index contributed by atoms with van der Waals surface area (Å²) in [5, 5.41) is 0. The maximum absolute atomic E-state index is 3.25. The van der Waals surface area contributed by atoms with Crippen LogP contribution < -0.4 is 0 Å². The lowest BCUT2D eigenvalue weighted by Gasteiger charge is -1.99. The second kappa shape index (κ2) is 15.5. The fourth-order valence-corrected chi connectivity index (χ4v) is 1.86. The summed E-state index contributed by atoms with van der Waals surface area (Å²) < 4.78 is 0. The van der Waals surface area contributed by atoms with Gasteiger partial charge in [-0.3, -0.25) is 0 Å². The monoisotopic (exact) mass is 235 g/mol. The van der Waals surface area contributed by atoms with Crippen LogP contribution in [-0.4, -0.2) is 0 Å². The normalized spacial score (nSPS) is 11.9. The molecule has 0 aromatic heterocycles. The van der Waals surface area contributed by atoms with Crippen molar-refractivity contribution in [2.24, 2.45) is 0 Å². The Balaban J connectivity index is 3.07. The molecule has 0 aliphatic heterocycles. The highest BCUT2D eigenvalue weighted by atomic mass is 14.0. The first-order valence-electron chi connectivity index (χ1n) is 7.63. The van der Waals surface area contributed by atoms with E-state index in [2.05, 4.69) is 38.2 Å². The van der Waals surface area contributed by atoms with Crippen molar-refractivity contribution < 1.29 is 0 Å². The standard InChI is InChI=1S/C17H31/c1-3-5-7-9-11-13-15-17-16-14-12-10-8-6-4-2/h10,12,14H,3-7,9,11,13,15-17H2,1-2H3. The lowest BCUT2D eigenvalue weighted by molar-refractivity contribution is 0.577. The van der Waals surface area contributed by atoms with E-state index in [0.717, 1.165) is 6.42 Å². The molecule has 0 aliphatic rings. The highest BCUT2D eigenvalue weighted by Gasteiger charge is 1.89. The van der Waals surface area contributed by atoms with Gasteiger partial charge in [0, 0.05) is 0 Å². The number of allylic oxidation sites excluding steroid dienone is 4. The van der Waals surface area contributed by atoms with Crippen LogP contribution in [-0.2, 0) is 0 Å². The molecule has 0 heteroatoms. The summed E-state index contributed by atoms with van der Waals surface area (Å²) in [6.07, 6.45) is 24.5. The average molecular weight is 235 g/mol. The SMILES string of the molecule is CCC/[C]=C/C=CCCCCCCCCCC. The van der Waals surface area contributed by atoms with Gasteiger partial charge in [0.1, 0.15) is 0 Å². The van der Waals surface area contributed by atoms with Gasteiger partial charge in [-0.25, -0.2) is 0 Å². The highest BCUT2D eigenvalue weighted by molar-refractivity contribution is 4.98. The zero-order valence-electron chi connectivity index (χ0n) is 12.0. The van der Waals surface area contributed by atoms with E-state index in [0.29, 0.717) is 0 Å².